The van der Waals surface area contributed by atoms with Crippen molar-refractivity contribution < 1.29 is 19.4 Å². The standard InChI is InChI=1S/C31H29N5O4S2/c1-18-27(17-41-31-36-35-19(2)42-31)39-30(40-28(18)21-12-10-20(16-37)11-13-21)22-6-5-7-23(14-22)33-29(38)26-15-32-24-8-3-4-9-25(24)34-26/h3-15,18,27-28,30,37H,16-17H2,1-2H3,(H,33,38)/t18-,27+,28+,30+/m1/s1. The van der Waals surface area contributed by atoms with Crippen LogP contribution >= 0.6 is 23.1 Å². The van der Waals surface area contributed by atoms with Gasteiger partial charge in [-0.1, -0.05) is 78.6 Å². The highest BCUT2D eigenvalue weighted by molar-refractivity contribution is 8.01. The minimum Gasteiger partial charge on any atom is -0.392 e. The maximum atomic E-state index is 13.0. The first-order chi connectivity index (χ1) is 20.5. The number of aliphatic hydroxyl groups is 1. The van der Waals surface area contributed by atoms with Crippen LogP contribution in [-0.2, 0) is 16.1 Å². The van der Waals surface area contributed by atoms with E-state index in [9.17, 15) is 9.90 Å². The predicted molar refractivity (Wildman–Crippen MR) is 162 cm³/mol. The monoisotopic (exact) mass is 599 g/mol. The summed E-state index contributed by atoms with van der Waals surface area (Å²) in [6.07, 6.45) is 0.420. The first-order valence-electron chi connectivity index (χ1n) is 13.5. The van der Waals surface area contributed by atoms with Crippen molar-refractivity contribution in [3.05, 3.63) is 106 Å². The number of hydrogen-bond donors (Lipinski definition) is 2. The Morgan fingerprint density at radius 1 is 1.00 bits per heavy atom. The van der Waals surface area contributed by atoms with Gasteiger partial charge in [0.1, 0.15) is 10.7 Å². The van der Waals surface area contributed by atoms with Crippen LogP contribution in [0.4, 0.5) is 5.69 Å². The molecule has 1 saturated heterocycles. The number of amides is 1. The van der Waals surface area contributed by atoms with Crippen molar-refractivity contribution in [3.63, 3.8) is 0 Å². The van der Waals surface area contributed by atoms with Crippen LogP contribution in [0.1, 0.15) is 51.5 Å². The Hall–Kier alpha value is -3.74. The molecular formula is C31H29N5O4S2. The molecule has 0 saturated carbocycles. The van der Waals surface area contributed by atoms with Crippen LogP contribution in [0.3, 0.4) is 0 Å². The van der Waals surface area contributed by atoms with E-state index in [2.05, 4.69) is 32.4 Å². The highest BCUT2D eigenvalue weighted by Crippen LogP contribution is 2.43. The van der Waals surface area contributed by atoms with Gasteiger partial charge in [0.15, 0.2) is 10.6 Å². The number of anilines is 1. The van der Waals surface area contributed by atoms with Crippen LogP contribution in [0.5, 0.6) is 0 Å². The van der Waals surface area contributed by atoms with E-state index in [0.717, 1.165) is 31.6 Å². The first kappa shape index (κ1) is 28.4. The number of carbonyl (C=O) groups is 1. The highest BCUT2D eigenvalue weighted by Gasteiger charge is 2.38. The number of hydrogen-bond acceptors (Lipinski definition) is 10. The third-order valence-electron chi connectivity index (χ3n) is 7.10. The summed E-state index contributed by atoms with van der Waals surface area (Å²) >= 11 is 3.19. The first-order valence-corrected chi connectivity index (χ1v) is 15.3. The summed E-state index contributed by atoms with van der Waals surface area (Å²) in [7, 11) is 0. The fourth-order valence-electron chi connectivity index (χ4n) is 4.82. The number of nitrogens with zero attached hydrogens (tertiary/aromatic N) is 4. The lowest BCUT2D eigenvalue weighted by Crippen LogP contribution is -2.38. The van der Waals surface area contributed by atoms with Gasteiger partial charge in [-0.25, -0.2) is 4.98 Å². The lowest BCUT2D eigenvalue weighted by Gasteiger charge is -2.41. The Kier molecular flexibility index (Phi) is 8.54. The van der Waals surface area contributed by atoms with Gasteiger partial charge in [0, 0.05) is 22.9 Å². The van der Waals surface area contributed by atoms with Crippen molar-refractivity contribution in [2.75, 3.05) is 11.1 Å². The molecule has 2 aromatic heterocycles. The molecule has 3 heterocycles. The van der Waals surface area contributed by atoms with E-state index >= 15 is 0 Å². The van der Waals surface area contributed by atoms with Gasteiger partial charge in [0.05, 0.1) is 36.0 Å². The van der Waals surface area contributed by atoms with E-state index in [1.807, 2.05) is 79.7 Å². The summed E-state index contributed by atoms with van der Waals surface area (Å²) in [6, 6.07) is 22.7. The number of aryl methyl sites for hydroxylation is 1. The van der Waals surface area contributed by atoms with Gasteiger partial charge in [-0.15, -0.1) is 10.2 Å². The number of para-hydroxylation sites is 2. The molecule has 0 aliphatic carbocycles. The number of aromatic nitrogens is 4. The minimum absolute atomic E-state index is 0.0169. The Morgan fingerprint density at radius 3 is 2.57 bits per heavy atom. The number of ether oxygens (including phenoxy) is 2. The molecule has 2 N–H and O–H groups in total. The summed E-state index contributed by atoms with van der Waals surface area (Å²) in [5.74, 6) is 0.364. The van der Waals surface area contributed by atoms with Crippen LogP contribution in [0, 0.1) is 12.8 Å². The van der Waals surface area contributed by atoms with E-state index in [0.29, 0.717) is 17.0 Å². The SMILES string of the molecule is Cc1nnc(SC[C@@H]2O[C@H](c3cccc(NC(=O)c4cnc5ccccc5n4)c3)O[C@H](c3ccc(CO)cc3)[C@@H]2C)s1. The fourth-order valence-corrected chi connectivity index (χ4v) is 6.83. The van der Waals surface area contributed by atoms with Gasteiger partial charge in [-0.2, -0.15) is 0 Å². The average molecular weight is 600 g/mol. The molecule has 0 spiro atoms. The van der Waals surface area contributed by atoms with Crippen LogP contribution in [-0.4, -0.2) is 43.0 Å². The molecule has 5 aromatic rings. The zero-order valence-corrected chi connectivity index (χ0v) is 24.6. The second kappa shape index (κ2) is 12.6. The zero-order valence-electron chi connectivity index (χ0n) is 23.0. The number of thioether (sulfide) groups is 1. The third kappa shape index (κ3) is 6.35. The summed E-state index contributed by atoms with van der Waals surface area (Å²) in [5, 5.41) is 21.7. The maximum absolute atomic E-state index is 13.0. The van der Waals surface area contributed by atoms with Crippen LogP contribution in [0.15, 0.2) is 83.3 Å². The summed E-state index contributed by atoms with van der Waals surface area (Å²) in [5.41, 5.74) is 4.84. The quantitative estimate of drug-likeness (QED) is 0.203. The van der Waals surface area contributed by atoms with Crippen LogP contribution in [0.2, 0.25) is 0 Å². The van der Waals surface area contributed by atoms with Crippen LogP contribution < -0.4 is 5.32 Å². The highest BCUT2D eigenvalue weighted by atomic mass is 32.2. The predicted octanol–water partition coefficient (Wildman–Crippen LogP) is 6.12. The number of rotatable bonds is 8. The fraction of sp³-hybridized carbons (Fsp3) is 0.258. The van der Waals surface area contributed by atoms with E-state index < -0.39 is 6.29 Å². The molecule has 0 bridgehead atoms. The van der Waals surface area contributed by atoms with E-state index in [4.69, 9.17) is 9.47 Å². The minimum atomic E-state index is -0.664. The Labute approximate surface area is 251 Å². The molecule has 0 unspecified atom stereocenters. The van der Waals surface area contributed by atoms with Gasteiger partial charge in [0.2, 0.25) is 0 Å². The molecule has 6 rings (SSSR count). The lowest BCUT2D eigenvalue weighted by molar-refractivity contribution is -0.268. The van der Waals surface area contributed by atoms with Gasteiger partial charge >= 0.3 is 0 Å². The van der Waals surface area contributed by atoms with E-state index in [-0.39, 0.29) is 36.3 Å². The van der Waals surface area contributed by atoms with Gasteiger partial charge in [-0.3, -0.25) is 9.78 Å². The molecule has 1 aliphatic rings. The van der Waals surface area contributed by atoms with E-state index in [1.54, 1.807) is 23.1 Å². The molecule has 1 aliphatic heterocycles. The molecule has 214 valence electrons. The Bertz CT molecular complexity index is 1700. The van der Waals surface area contributed by atoms with Crippen molar-refractivity contribution in [2.45, 2.75) is 43.3 Å². The van der Waals surface area contributed by atoms with Gasteiger partial charge in [-0.05, 0) is 42.3 Å². The topological polar surface area (TPSA) is 119 Å². The molecule has 1 fully saturated rings. The number of fused-ring (bicyclic) bond motifs is 1. The molecule has 9 nitrogen and oxygen atoms in total. The van der Waals surface area contributed by atoms with Crippen molar-refractivity contribution >= 4 is 45.7 Å². The van der Waals surface area contributed by atoms with Crippen molar-refractivity contribution in [3.8, 4) is 0 Å². The Balaban J connectivity index is 1.23. The van der Waals surface area contributed by atoms with Gasteiger partial charge < -0.3 is 19.9 Å². The van der Waals surface area contributed by atoms with Crippen molar-refractivity contribution in [1.29, 1.82) is 0 Å². The normalized spacial score (nSPS) is 20.5. The average Bonchev–Trinajstić information content (AvgIpc) is 3.45. The molecule has 3 aromatic carbocycles. The summed E-state index contributed by atoms with van der Waals surface area (Å²) < 4.78 is 14.0. The molecule has 1 amide bonds. The summed E-state index contributed by atoms with van der Waals surface area (Å²) in [4.78, 5) is 21.9. The van der Waals surface area contributed by atoms with Crippen LogP contribution in [0.25, 0.3) is 11.0 Å². The third-order valence-corrected chi connectivity index (χ3v) is 9.16. The molecule has 11 heteroatoms. The number of benzene rings is 3. The van der Waals surface area contributed by atoms with Crippen molar-refractivity contribution in [2.24, 2.45) is 5.92 Å². The second-order valence-electron chi connectivity index (χ2n) is 10.0. The van der Waals surface area contributed by atoms with Crippen molar-refractivity contribution in [1.82, 2.24) is 20.2 Å². The molecule has 0 radical (unpaired) electrons. The van der Waals surface area contributed by atoms with Gasteiger partial charge in [0.25, 0.3) is 5.91 Å². The maximum Gasteiger partial charge on any atom is 0.275 e. The largest absolute Gasteiger partial charge is 0.392 e. The molecule has 42 heavy (non-hydrogen) atoms. The van der Waals surface area contributed by atoms with E-state index in [1.165, 1.54) is 6.20 Å². The number of nitrogens with one attached hydrogen (secondary N) is 1. The molecular weight excluding hydrogens is 571 g/mol. The smallest absolute Gasteiger partial charge is 0.275 e. The zero-order chi connectivity index (χ0) is 29.1. The lowest BCUT2D eigenvalue weighted by atomic mass is 9.91. The second-order valence-corrected chi connectivity index (χ2v) is 12.5. The summed E-state index contributed by atoms with van der Waals surface area (Å²) in [6.45, 7) is 4.05. The number of aliphatic hydroxyl groups excluding tert-OH is 1. The Morgan fingerprint density at radius 2 is 1.81 bits per heavy atom. The number of carbonyl (C=O) groups excluding carboxylic acids is 1. The molecule has 4 atom stereocenters.